The number of amides is 1. The van der Waals surface area contributed by atoms with Crippen LogP contribution in [0.25, 0.3) is 0 Å². The van der Waals surface area contributed by atoms with Crippen LogP contribution in [0.15, 0.2) is 24.3 Å². The highest BCUT2D eigenvalue weighted by Crippen LogP contribution is 2.23. The Morgan fingerprint density at radius 3 is 2.95 bits per heavy atom. The van der Waals surface area contributed by atoms with E-state index in [4.69, 9.17) is 5.26 Å². The molecule has 5 heteroatoms. The lowest BCUT2D eigenvalue weighted by Gasteiger charge is -2.11. The van der Waals surface area contributed by atoms with Gasteiger partial charge in [0, 0.05) is 11.3 Å². The summed E-state index contributed by atoms with van der Waals surface area (Å²) in [6, 6.07) is 9.02. The summed E-state index contributed by atoms with van der Waals surface area (Å²) in [4.78, 5) is 12.3. The first-order valence-corrected chi connectivity index (χ1v) is 6.66. The summed E-state index contributed by atoms with van der Waals surface area (Å²) in [5, 5.41) is 18.9. The molecule has 2 aromatic rings. The second kappa shape index (κ2) is 5.17. The van der Waals surface area contributed by atoms with Crippen LogP contribution in [0, 0.1) is 11.3 Å². The van der Waals surface area contributed by atoms with Crippen molar-refractivity contribution in [3.8, 4) is 6.07 Å². The quantitative estimate of drug-likeness (QED) is 0.875. The zero-order chi connectivity index (χ0) is 13.9. The third-order valence-corrected chi connectivity index (χ3v) is 3.57. The van der Waals surface area contributed by atoms with Gasteiger partial charge in [-0.1, -0.05) is 12.1 Å². The molecule has 100 valence electrons. The summed E-state index contributed by atoms with van der Waals surface area (Å²) in [6.07, 6.45) is 4.05. The number of hydrogen-bond donors (Lipinski definition) is 2. The maximum absolute atomic E-state index is 12.3. The monoisotopic (exact) mass is 266 g/mol. The standard InChI is InChI=1S/C15H14N4O/c16-9-10-5-1-3-7-12(10)17-15(20)14-11-6-2-4-8-13(11)18-19-14/h1,3,5,7H,2,4,6,8H2,(H,17,20)(H,18,19). The average Bonchev–Trinajstić information content (AvgIpc) is 2.92. The molecule has 3 rings (SSSR count). The predicted molar refractivity (Wildman–Crippen MR) is 74.3 cm³/mol. The summed E-state index contributed by atoms with van der Waals surface area (Å²) in [5.41, 5.74) is 3.50. The molecule has 1 aromatic carbocycles. The number of carbonyl (C=O) groups is 1. The van der Waals surface area contributed by atoms with Crippen LogP contribution in [0.3, 0.4) is 0 Å². The fourth-order valence-corrected chi connectivity index (χ4v) is 2.54. The Morgan fingerprint density at radius 1 is 1.30 bits per heavy atom. The minimum Gasteiger partial charge on any atom is -0.319 e. The molecule has 20 heavy (non-hydrogen) atoms. The molecule has 0 unspecified atom stereocenters. The second-order valence-corrected chi connectivity index (χ2v) is 4.85. The van der Waals surface area contributed by atoms with Crippen LogP contribution in [-0.4, -0.2) is 16.1 Å². The zero-order valence-electron chi connectivity index (χ0n) is 10.9. The summed E-state index contributed by atoms with van der Waals surface area (Å²) >= 11 is 0. The van der Waals surface area contributed by atoms with E-state index >= 15 is 0 Å². The third kappa shape index (κ3) is 2.16. The molecule has 1 aliphatic carbocycles. The fraction of sp³-hybridized carbons (Fsp3) is 0.267. The summed E-state index contributed by atoms with van der Waals surface area (Å²) in [7, 11) is 0. The van der Waals surface area contributed by atoms with E-state index in [0.29, 0.717) is 16.9 Å². The largest absolute Gasteiger partial charge is 0.319 e. The Morgan fingerprint density at radius 2 is 2.10 bits per heavy atom. The zero-order valence-corrected chi connectivity index (χ0v) is 10.9. The molecule has 0 saturated carbocycles. The van der Waals surface area contributed by atoms with Gasteiger partial charge in [0.1, 0.15) is 6.07 Å². The Kier molecular flexibility index (Phi) is 3.21. The molecule has 1 aliphatic rings. The summed E-state index contributed by atoms with van der Waals surface area (Å²) in [5.74, 6) is -0.257. The molecular weight excluding hydrogens is 252 g/mol. The predicted octanol–water partition coefficient (Wildman–Crippen LogP) is 2.41. The van der Waals surface area contributed by atoms with Crippen LogP contribution < -0.4 is 5.32 Å². The molecule has 1 amide bonds. The van der Waals surface area contributed by atoms with Gasteiger partial charge in [-0.15, -0.1) is 0 Å². The smallest absolute Gasteiger partial charge is 0.276 e. The minimum absolute atomic E-state index is 0.257. The maximum Gasteiger partial charge on any atom is 0.276 e. The number of para-hydroxylation sites is 1. The molecule has 1 heterocycles. The van der Waals surface area contributed by atoms with Crippen LogP contribution in [0.5, 0.6) is 0 Å². The van der Waals surface area contributed by atoms with Crippen molar-refractivity contribution in [3.63, 3.8) is 0 Å². The van der Waals surface area contributed by atoms with E-state index in [-0.39, 0.29) is 5.91 Å². The number of anilines is 1. The van der Waals surface area contributed by atoms with Crippen molar-refractivity contribution in [3.05, 3.63) is 46.8 Å². The lowest BCUT2D eigenvalue weighted by molar-refractivity contribution is 0.102. The molecule has 0 saturated heterocycles. The number of nitrogens with one attached hydrogen (secondary N) is 2. The number of aromatic nitrogens is 2. The van der Waals surface area contributed by atoms with Crippen molar-refractivity contribution >= 4 is 11.6 Å². The highest BCUT2D eigenvalue weighted by molar-refractivity contribution is 6.04. The Hall–Kier alpha value is -2.61. The number of aryl methyl sites for hydroxylation is 1. The van der Waals surface area contributed by atoms with Gasteiger partial charge in [-0.3, -0.25) is 9.89 Å². The van der Waals surface area contributed by atoms with E-state index in [1.54, 1.807) is 24.3 Å². The molecular formula is C15H14N4O. The molecule has 1 aromatic heterocycles. The number of rotatable bonds is 2. The van der Waals surface area contributed by atoms with Crippen molar-refractivity contribution < 1.29 is 4.79 Å². The number of carbonyl (C=O) groups excluding carboxylic acids is 1. The van der Waals surface area contributed by atoms with Crippen molar-refractivity contribution in [2.75, 3.05) is 5.32 Å². The van der Waals surface area contributed by atoms with Crippen molar-refractivity contribution in [1.29, 1.82) is 5.26 Å². The lowest BCUT2D eigenvalue weighted by Crippen LogP contribution is -2.16. The first kappa shape index (κ1) is 12.4. The molecule has 0 aliphatic heterocycles. The Bertz CT molecular complexity index is 696. The SMILES string of the molecule is N#Cc1ccccc1NC(=O)c1n[nH]c2c1CCCC2. The van der Waals surface area contributed by atoms with Gasteiger partial charge in [0.25, 0.3) is 5.91 Å². The van der Waals surface area contributed by atoms with Crippen LogP contribution in [0.1, 0.15) is 40.2 Å². The molecule has 0 radical (unpaired) electrons. The van der Waals surface area contributed by atoms with E-state index < -0.39 is 0 Å². The van der Waals surface area contributed by atoms with Crippen molar-refractivity contribution in [1.82, 2.24) is 10.2 Å². The highest BCUT2D eigenvalue weighted by atomic mass is 16.1. The van der Waals surface area contributed by atoms with Gasteiger partial charge in [0.2, 0.25) is 0 Å². The third-order valence-electron chi connectivity index (χ3n) is 3.57. The topological polar surface area (TPSA) is 81.6 Å². The number of hydrogen-bond acceptors (Lipinski definition) is 3. The van der Waals surface area contributed by atoms with Gasteiger partial charge < -0.3 is 5.32 Å². The first-order valence-electron chi connectivity index (χ1n) is 6.66. The summed E-state index contributed by atoms with van der Waals surface area (Å²) < 4.78 is 0. The lowest BCUT2D eigenvalue weighted by atomic mass is 9.96. The average molecular weight is 266 g/mol. The molecule has 0 atom stereocenters. The van der Waals surface area contributed by atoms with Gasteiger partial charge in [-0.25, -0.2) is 0 Å². The summed E-state index contributed by atoms with van der Waals surface area (Å²) in [6.45, 7) is 0. The number of aromatic amines is 1. The molecule has 0 bridgehead atoms. The van der Waals surface area contributed by atoms with Crippen LogP contribution >= 0.6 is 0 Å². The minimum atomic E-state index is -0.257. The van der Waals surface area contributed by atoms with Crippen LogP contribution in [-0.2, 0) is 12.8 Å². The Balaban J connectivity index is 1.87. The number of nitriles is 1. The second-order valence-electron chi connectivity index (χ2n) is 4.85. The van der Waals surface area contributed by atoms with E-state index in [1.807, 2.05) is 0 Å². The van der Waals surface area contributed by atoms with Crippen molar-refractivity contribution in [2.24, 2.45) is 0 Å². The number of nitrogens with zero attached hydrogens (tertiary/aromatic N) is 2. The first-order chi connectivity index (χ1) is 9.79. The maximum atomic E-state index is 12.3. The number of benzene rings is 1. The Labute approximate surface area is 116 Å². The van der Waals surface area contributed by atoms with Gasteiger partial charge in [-0.2, -0.15) is 10.4 Å². The van der Waals surface area contributed by atoms with Crippen molar-refractivity contribution in [2.45, 2.75) is 25.7 Å². The molecule has 0 fully saturated rings. The van der Waals surface area contributed by atoms with E-state index in [9.17, 15) is 4.79 Å². The van der Waals surface area contributed by atoms with Gasteiger partial charge in [-0.05, 0) is 37.8 Å². The number of H-pyrrole nitrogens is 1. The molecule has 0 spiro atoms. The van der Waals surface area contributed by atoms with Gasteiger partial charge in [0.05, 0.1) is 11.3 Å². The van der Waals surface area contributed by atoms with E-state index in [2.05, 4.69) is 21.6 Å². The fourth-order valence-electron chi connectivity index (χ4n) is 2.54. The normalized spacial score (nSPS) is 13.3. The molecule has 2 N–H and O–H groups in total. The van der Waals surface area contributed by atoms with Gasteiger partial charge in [0.15, 0.2) is 5.69 Å². The number of fused-ring (bicyclic) bond motifs is 1. The van der Waals surface area contributed by atoms with E-state index in [1.165, 1.54) is 0 Å². The molecule has 5 nitrogen and oxygen atoms in total. The van der Waals surface area contributed by atoms with Crippen LogP contribution in [0.2, 0.25) is 0 Å². The van der Waals surface area contributed by atoms with Gasteiger partial charge >= 0.3 is 0 Å². The highest BCUT2D eigenvalue weighted by Gasteiger charge is 2.22. The van der Waals surface area contributed by atoms with Crippen LogP contribution in [0.4, 0.5) is 5.69 Å². The van der Waals surface area contributed by atoms with E-state index in [0.717, 1.165) is 36.9 Å².